The fourth-order valence-corrected chi connectivity index (χ4v) is 3.95. The van der Waals surface area contributed by atoms with E-state index in [0.717, 1.165) is 32.6 Å². The van der Waals surface area contributed by atoms with Crippen LogP contribution in [-0.4, -0.2) is 40.8 Å². The van der Waals surface area contributed by atoms with Crippen LogP contribution >= 0.6 is 11.6 Å². The van der Waals surface area contributed by atoms with Gasteiger partial charge in [0.25, 0.3) is 0 Å². The lowest BCUT2D eigenvalue weighted by Gasteiger charge is -2.32. The predicted molar refractivity (Wildman–Crippen MR) is 112 cm³/mol. The van der Waals surface area contributed by atoms with Gasteiger partial charge in [-0.25, -0.2) is 0 Å². The molecule has 1 amide bonds. The highest BCUT2D eigenvalue weighted by atomic mass is 35.5. The molecule has 1 aliphatic heterocycles. The summed E-state index contributed by atoms with van der Waals surface area (Å²) in [4.78, 5) is 14.9. The molecule has 28 heavy (non-hydrogen) atoms. The van der Waals surface area contributed by atoms with Gasteiger partial charge in [-0.1, -0.05) is 11.6 Å². The minimum absolute atomic E-state index is 0.00177. The number of aromatic nitrogens is 2. The van der Waals surface area contributed by atoms with Gasteiger partial charge in [0, 0.05) is 42.8 Å². The molecule has 3 rings (SSSR count). The number of benzene rings is 1. The summed E-state index contributed by atoms with van der Waals surface area (Å²) in [5, 5.41) is 7.86. The summed E-state index contributed by atoms with van der Waals surface area (Å²) >= 11 is 6.03. The molecule has 2 aromatic rings. The Morgan fingerprint density at radius 1 is 1.43 bits per heavy atom. The highest BCUT2D eigenvalue weighted by molar-refractivity contribution is 6.31. The number of anilines is 1. The van der Waals surface area contributed by atoms with E-state index in [4.69, 9.17) is 16.3 Å². The Bertz CT molecular complexity index is 792. The molecule has 0 bridgehead atoms. The van der Waals surface area contributed by atoms with Crippen LogP contribution < -0.4 is 10.1 Å². The van der Waals surface area contributed by atoms with Crippen molar-refractivity contribution < 1.29 is 9.53 Å². The van der Waals surface area contributed by atoms with Crippen molar-refractivity contribution in [1.82, 2.24) is 14.7 Å². The Balaban J connectivity index is 1.47. The predicted octanol–water partition coefficient (Wildman–Crippen LogP) is 4.20. The summed E-state index contributed by atoms with van der Waals surface area (Å²) in [6.45, 7) is 6.07. The summed E-state index contributed by atoms with van der Waals surface area (Å²) < 4.78 is 7.25. The first-order valence-corrected chi connectivity index (χ1v) is 10.3. The number of nitrogens with zero attached hydrogens (tertiary/aromatic N) is 3. The molecule has 1 saturated heterocycles. The van der Waals surface area contributed by atoms with Crippen molar-refractivity contribution in [3.8, 4) is 5.75 Å². The quantitative estimate of drug-likeness (QED) is 0.716. The SMILES string of the molecule is CCn1cc(CN2CCC[C@H](CCC(=O)Nc3cc(Cl)ccc3OC)C2)cn1. The average molecular weight is 405 g/mol. The van der Waals surface area contributed by atoms with Crippen molar-refractivity contribution in [2.45, 2.75) is 45.7 Å². The number of carbonyl (C=O) groups is 1. The molecule has 0 radical (unpaired) electrons. The van der Waals surface area contributed by atoms with E-state index in [9.17, 15) is 4.79 Å². The molecule has 0 spiro atoms. The van der Waals surface area contributed by atoms with Crippen LogP contribution in [0.4, 0.5) is 5.69 Å². The van der Waals surface area contributed by atoms with Crippen LogP contribution in [0, 0.1) is 5.92 Å². The second-order valence-corrected chi connectivity index (χ2v) is 7.82. The number of aryl methyl sites for hydroxylation is 1. The summed E-state index contributed by atoms with van der Waals surface area (Å²) in [5.41, 5.74) is 1.88. The third-order valence-corrected chi connectivity index (χ3v) is 5.47. The molecule has 152 valence electrons. The number of piperidine rings is 1. The lowest BCUT2D eigenvalue weighted by Crippen LogP contribution is -2.35. The van der Waals surface area contributed by atoms with E-state index in [0.29, 0.717) is 28.8 Å². The third kappa shape index (κ3) is 5.72. The van der Waals surface area contributed by atoms with Gasteiger partial charge >= 0.3 is 0 Å². The van der Waals surface area contributed by atoms with Gasteiger partial charge in [-0.15, -0.1) is 0 Å². The third-order valence-electron chi connectivity index (χ3n) is 5.24. The van der Waals surface area contributed by atoms with Crippen molar-refractivity contribution in [2.75, 3.05) is 25.5 Å². The first-order valence-electron chi connectivity index (χ1n) is 9.94. The number of carbonyl (C=O) groups excluding carboxylic acids is 1. The normalized spacial score (nSPS) is 17.5. The zero-order chi connectivity index (χ0) is 19.9. The number of nitrogens with one attached hydrogen (secondary N) is 1. The maximum atomic E-state index is 12.4. The second-order valence-electron chi connectivity index (χ2n) is 7.38. The summed E-state index contributed by atoms with van der Waals surface area (Å²) in [6, 6.07) is 5.23. The molecule has 0 aliphatic carbocycles. The molecule has 2 heterocycles. The number of hydrogen-bond donors (Lipinski definition) is 1. The van der Waals surface area contributed by atoms with E-state index in [-0.39, 0.29) is 5.91 Å². The highest BCUT2D eigenvalue weighted by Gasteiger charge is 2.21. The Morgan fingerprint density at radius 3 is 3.04 bits per heavy atom. The van der Waals surface area contributed by atoms with E-state index >= 15 is 0 Å². The number of ether oxygens (including phenoxy) is 1. The molecular weight excluding hydrogens is 376 g/mol. The lowest BCUT2D eigenvalue weighted by molar-refractivity contribution is -0.116. The monoisotopic (exact) mass is 404 g/mol. The zero-order valence-electron chi connectivity index (χ0n) is 16.7. The van der Waals surface area contributed by atoms with E-state index in [1.54, 1.807) is 25.3 Å². The van der Waals surface area contributed by atoms with E-state index in [2.05, 4.69) is 28.4 Å². The van der Waals surface area contributed by atoms with E-state index < -0.39 is 0 Å². The smallest absolute Gasteiger partial charge is 0.224 e. The molecule has 0 saturated carbocycles. The van der Waals surface area contributed by atoms with Crippen LogP contribution in [0.2, 0.25) is 5.02 Å². The molecule has 1 atom stereocenters. The molecule has 6 nitrogen and oxygen atoms in total. The maximum Gasteiger partial charge on any atom is 0.224 e. The number of likely N-dealkylation sites (tertiary alicyclic amines) is 1. The van der Waals surface area contributed by atoms with Crippen molar-refractivity contribution in [2.24, 2.45) is 5.92 Å². The molecule has 1 aromatic heterocycles. The largest absolute Gasteiger partial charge is 0.495 e. The van der Waals surface area contributed by atoms with Gasteiger partial charge in [0.05, 0.1) is 19.0 Å². The van der Waals surface area contributed by atoms with Gasteiger partial charge in [-0.2, -0.15) is 5.10 Å². The number of amides is 1. The van der Waals surface area contributed by atoms with Crippen LogP contribution in [0.15, 0.2) is 30.6 Å². The standard InChI is InChI=1S/C21H29ClN4O2/c1-3-26-15-17(12-23-26)14-25-10-4-5-16(13-25)6-9-21(27)24-19-11-18(22)7-8-20(19)28-2/h7-8,11-12,15-16H,3-6,9-10,13-14H2,1-2H3,(H,24,27)/t16-/m1/s1. The van der Waals surface area contributed by atoms with Gasteiger partial charge < -0.3 is 10.1 Å². The second kappa shape index (κ2) is 9.94. The maximum absolute atomic E-state index is 12.4. The Morgan fingerprint density at radius 2 is 2.29 bits per heavy atom. The highest BCUT2D eigenvalue weighted by Crippen LogP contribution is 2.28. The van der Waals surface area contributed by atoms with Crippen molar-refractivity contribution in [1.29, 1.82) is 0 Å². The number of rotatable bonds is 8. The summed E-state index contributed by atoms with van der Waals surface area (Å²) in [7, 11) is 1.58. The minimum atomic E-state index is 0.00177. The molecule has 1 aromatic carbocycles. The Kier molecular flexibility index (Phi) is 7.34. The Labute approximate surface area is 171 Å². The van der Waals surface area contributed by atoms with Crippen molar-refractivity contribution in [3.63, 3.8) is 0 Å². The van der Waals surface area contributed by atoms with Gasteiger partial charge in [0.1, 0.15) is 5.75 Å². The summed E-state index contributed by atoms with van der Waals surface area (Å²) in [6.07, 6.45) is 7.82. The van der Waals surface area contributed by atoms with Gasteiger partial charge in [-0.3, -0.25) is 14.4 Å². The fourth-order valence-electron chi connectivity index (χ4n) is 3.78. The first-order chi connectivity index (χ1) is 13.6. The van der Waals surface area contributed by atoms with Crippen LogP contribution in [0.25, 0.3) is 0 Å². The fraction of sp³-hybridized carbons (Fsp3) is 0.524. The molecule has 7 heteroatoms. The van der Waals surface area contributed by atoms with Crippen LogP contribution in [-0.2, 0) is 17.9 Å². The van der Waals surface area contributed by atoms with E-state index in [1.165, 1.54) is 18.4 Å². The number of halogens is 1. The zero-order valence-corrected chi connectivity index (χ0v) is 17.4. The van der Waals surface area contributed by atoms with Gasteiger partial charge in [0.15, 0.2) is 0 Å². The first kappa shape index (κ1) is 20.7. The van der Waals surface area contributed by atoms with Crippen LogP contribution in [0.1, 0.15) is 38.2 Å². The molecular formula is C21H29ClN4O2. The lowest BCUT2D eigenvalue weighted by atomic mass is 9.93. The Hall–Kier alpha value is -2.05. The van der Waals surface area contributed by atoms with Crippen LogP contribution in [0.3, 0.4) is 0 Å². The van der Waals surface area contributed by atoms with E-state index in [1.807, 2.05) is 10.9 Å². The molecule has 1 aliphatic rings. The van der Waals surface area contributed by atoms with Gasteiger partial charge in [-0.05, 0) is 56.8 Å². The minimum Gasteiger partial charge on any atom is -0.495 e. The topological polar surface area (TPSA) is 59.4 Å². The number of hydrogen-bond acceptors (Lipinski definition) is 4. The molecule has 1 N–H and O–H groups in total. The van der Waals surface area contributed by atoms with Crippen molar-refractivity contribution >= 4 is 23.2 Å². The van der Waals surface area contributed by atoms with Crippen molar-refractivity contribution in [3.05, 3.63) is 41.2 Å². The molecule has 0 unspecified atom stereocenters. The van der Waals surface area contributed by atoms with Gasteiger partial charge in [0.2, 0.25) is 5.91 Å². The average Bonchev–Trinajstić information content (AvgIpc) is 3.14. The molecule has 1 fully saturated rings. The van der Waals surface area contributed by atoms with Crippen LogP contribution in [0.5, 0.6) is 5.75 Å². The summed E-state index contributed by atoms with van der Waals surface area (Å²) in [5.74, 6) is 1.16. The number of methoxy groups -OCH3 is 1.